The summed E-state index contributed by atoms with van der Waals surface area (Å²) in [5, 5.41) is 2.84. The molecule has 0 aromatic heterocycles. The van der Waals surface area contributed by atoms with E-state index in [9.17, 15) is 13.2 Å². The molecule has 0 radical (unpaired) electrons. The number of sulfonamides is 1. The molecule has 0 atom stereocenters. The Balaban J connectivity index is 1.77. The molecule has 0 aliphatic heterocycles. The number of methoxy groups -OCH3 is 2. The van der Waals surface area contributed by atoms with Crippen molar-refractivity contribution in [2.45, 2.75) is 43.4 Å². The maximum absolute atomic E-state index is 12.4. The average Bonchev–Trinajstić information content (AvgIpc) is 2.68. The third-order valence-electron chi connectivity index (χ3n) is 4.46. The molecule has 1 aromatic rings. The molecular weight excluding hydrogens is 368 g/mol. The molecule has 0 bridgehead atoms. The highest BCUT2D eigenvalue weighted by molar-refractivity contribution is 7.89. The molecule has 0 fully saturated rings. The largest absolute Gasteiger partial charge is 0.493 e. The molecule has 2 N–H and O–H groups in total. The second-order valence-electron chi connectivity index (χ2n) is 6.37. The third-order valence-corrected chi connectivity index (χ3v) is 5.92. The molecule has 8 heteroatoms. The van der Waals surface area contributed by atoms with Crippen molar-refractivity contribution in [1.82, 2.24) is 10.0 Å². The molecule has 1 amide bonds. The SMILES string of the molecule is COc1ccc(S(=O)(=O)NCCC(=O)NCCC2=CCCCC2)cc1OC. The topological polar surface area (TPSA) is 93.7 Å². The maximum Gasteiger partial charge on any atom is 0.240 e. The minimum Gasteiger partial charge on any atom is -0.493 e. The van der Waals surface area contributed by atoms with Gasteiger partial charge in [0, 0.05) is 25.6 Å². The van der Waals surface area contributed by atoms with Crippen molar-refractivity contribution < 1.29 is 22.7 Å². The molecule has 27 heavy (non-hydrogen) atoms. The van der Waals surface area contributed by atoms with Gasteiger partial charge in [-0.05, 0) is 44.2 Å². The molecule has 0 heterocycles. The molecule has 1 aliphatic rings. The van der Waals surface area contributed by atoms with Gasteiger partial charge in [-0.1, -0.05) is 11.6 Å². The van der Waals surface area contributed by atoms with Crippen LogP contribution in [0.1, 0.15) is 38.5 Å². The van der Waals surface area contributed by atoms with Crippen LogP contribution in [-0.2, 0) is 14.8 Å². The Hall–Kier alpha value is -2.06. The van der Waals surface area contributed by atoms with Gasteiger partial charge in [0.05, 0.1) is 19.1 Å². The summed E-state index contributed by atoms with van der Waals surface area (Å²) in [6.45, 7) is 0.623. The fourth-order valence-corrected chi connectivity index (χ4v) is 4.00. The summed E-state index contributed by atoms with van der Waals surface area (Å²) in [4.78, 5) is 11.9. The van der Waals surface area contributed by atoms with Crippen molar-refractivity contribution >= 4 is 15.9 Å². The lowest BCUT2D eigenvalue weighted by Gasteiger charge is -2.13. The van der Waals surface area contributed by atoms with Gasteiger partial charge in [0.2, 0.25) is 15.9 Å². The Kier molecular flexibility index (Phi) is 8.12. The zero-order chi connectivity index (χ0) is 19.7. The summed E-state index contributed by atoms with van der Waals surface area (Å²) in [6, 6.07) is 4.35. The van der Waals surface area contributed by atoms with E-state index in [0.717, 1.165) is 19.3 Å². The van der Waals surface area contributed by atoms with Crippen molar-refractivity contribution in [3.8, 4) is 11.5 Å². The highest BCUT2D eigenvalue weighted by atomic mass is 32.2. The molecule has 0 spiro atoms. The van der Waals surface area contributed by atoms with Crippen LogP contribution in [0, 0.1) is 0 Å². The quantitative estimate of drug-likeness (QED) is 0.592. The number of carbonyl (C=O) groups is 1. The molecule has 0 unspecified atom stereocenters. The van der Waals surface area contributed by atoms with Crippen LogP contribution in [-0.4, -0.2) is 41.6 Å². The van der Waals surface area contributed by atoms with Gasteiger partial charge in [-0.25, -0.2) is 13.1 Å². The number of carbonyl (C=O) groups excluding carboxylic acids is 1. The number of ether oxygens (including phenoxy) is 2. The Labute approximate surface area is 161 Å². The highest BCUT2D eigenvalue weighted by Crippen LogP contribution is 2.29. The number of hydrogen-bond acceptors (Lipinski definition) is 5. The van der Waals surface area contributed by atoms with Gasteiger partial charge in [0.1, 0.15) is 0 Å². The Morgan fingerprint density at radius 3 is 2.56 bits per heavy atom. The summed E-state index contributed by atoms with van der Waals surface area (Å²) in [7, 11) is -0.806. The molecule has 7 nitrogen and oxygen atoms in total. The first kappa shape index (κ1) is 21.2. The van der Waals surface area contributed by atoms with E-state index >= 15 is 0 Å². The molecule has 1 aliphatic carbocycles. The van der Waals surface area contributed by atoms with Crippen LogP contribution >= 0.6 is 0 Å². The van der Waals surface area contributed by atoms with Crippen molar-refractivity contribution in [1.29, 1.82) is 0 Å². The summed E-state index contributed by atoms with van der Waals surface area (Å²) < 4.78 is 37.4. The zero-order valence-electron chi connectivity index (χ0n) is 15.9. The summed E-state index contributed by atoms with van der Waals surface area (Å²) in [5.74, 6) is 0.612. The maximum atomic E-state index is 12.4. The number of allylic oxidation sites excluding steroid dienone is 1. The van der Waals surface area contributed by atoms with Gasteiger partial charge in [-0.2, -0.15) is 0 Å². The van der Waals surface area contributed by atoms with E-state index in [1.165, 1.54) is 50.8 Å². The number of rotatable bonds is 10. The molecule has 2 rings (SSSR count). The van der Waals surface area contributed by atoms with Gasteiger partial charge >= 0.3 is 0 Å². The monoisotopic (exact) mass is 396 g/mol. The molecule has 0 saturated heterocycles. The van der Waals surface area contributed by atoms with Gasteiger partial charge in [-0.3, -0.25) is 4.79 Å². The normalized spacial score (nSPS) is 14.4. The lowest BCUT2D eigenvalue weighted by Crippen LogP contribution is -2.31. The van der Waals surface area contributed by atoms with Crippen LogP contribution in [0.4, 0.5) is 0 Å². The summed E-state index contributed by atoms with van der Waals surface area (Å²) >= 11 is 0. The minimum atomic E-state index is -3.73. The lowest BCUT2D eigenvalue weighted by atomic mass is 9.97. The van der Waals surface area contributed by atoms with E-state index < -0.39 is 10.0 Å². The Morgan fingerprint density at radius 1 is 1.11 bits per heavy atom. The van der Waals surface area contributed by atoms with Crippen molar-refractivity contribution in [2.75, 3.05) is 27.3 Å². The predicted molar refractivity (Wildman–Crippen MR) is 104 cm³/mol. The third kappa shape index (κ3) is 6.55. The second kappa shape index (κ2) is 10.3. The van der Waals surface area contributed by atoms with Gasteiger partial charge in [-0.15, -0.1) is 0 Å². The van der Waals surface area contributed by atoms with Crippen LogP contribution in [0.25, 0.3) is 0 Å². The lowest BCUT2D eigenvalue weighted by molar-refractivity contribution is -0.120. The highest BCUT2D eigenvalue weighted by Gasteiger charge is 2.17. The molecule has 0 saturated carbocycles. The standard InChI is InChI=1S/C19H28N2O5S/c1-25-17-9-8-16(14-18(17)26-2)27(23,24)21-13-11-19(22)20-12-10-15-6-4-3-5-7-15/h6,8-9,14,21H,3-5,7,10-13H2,1-2H3,(H,20,22). The fourth-order valence-electron chi connectivity index (χ4n) is 2.95. The number of benzene rings is 1. The zero-order valence-corrected chi connectivity index (χ0v) is 16.7. The molecule has 1 aromatic carbocycles. The van der Waals surface area contributed by atoms with Gasteiger partial charge < -0.3 is 14.8 Å². The van der Waals surface area contributed by atoms with Crippen LogP contribution in [0.2, 0.25) is 0 Å². The Bertz CT molecular complexity index is 774. The first-order valence-corrected chi connectivity index (χ1v) is 10.6. The number of hydrogen-bond donors (Lipinski definition) is 2. The minimum absolute atomic E-state index is 0.0329. The van der Waals surface area contributed by atoms with E-state index in [1.54, 1.807) is 0 Å². The fraction of sp³-hybridized carbons (Fsp3) is 0.526. The molecule has 150 valence electrons. The Morgan fingerprint density at radius 2 is 1.89 bits per heavy atom. The molecular formula is C19H28N2O5S. The van der Waals surface area contributed by atoms with E-state index in [0.29, 0.717) is 18.0 Å². The van der Waals surface area contributed by atoms with Crippen LogP contribution in [0.15, 0.2) is 34.7 Å². The number of amides is 1. The summed E-state index contributed by atoms with van der Waals surface area (Å²) in [5.41, 5.74) is 1.40. The first-order chi connectivity index (χ1) is 13.0. The average molecular weight is 397 g/mol. The number of nitrogens with one attached hydrogen (secondary N) is 2. The predicted octanol–water partition coefficient (Wildman–Crippen LogP) is 2.38. The van der Waals surface area contributed by atoms with E-state index in [4.69, 9.17) is 9.47 Å². The van der Waals surface area contributed by atoms with E-state index in [-0.39, 0.29) is 23.8 Å². The van der Waals surface area contributed by atoms with Crippen LogP contribution in [0.5, 0.6) is 11.5 Å². The summed E-state index contributed by atoms with van der Waals surface area (Å²) in [6.07, 6.45) is 7.91. The van der Waals surface area contributed by atoms with Crippen LogP contribution < -0.4 is 19.5 Å². The van der Waals surface area contributed by atoms with E-state index in [2.05, 4.69) is 16.1 Å². The van der Waals surface area contributed by atoms with Gasteiger partial charge in [0.15, 0.2) is 11.5 Å². The first-order valence-electron chi connectivity index (χ1n) is 9.12. The van der Waals surface area contributed by atoms with Crippen LogP contribution in [0.3, 0.4) is 0 Å². The van der Waals surface area contributed by atoms with E-state index in [1.807, 2.05) is 0 Å². The second-order valence-corrected chi connectivity index (χ2v) is 8.14. The van der Waals surface area contributed by atoms with Crippen molar-refractivity contribution in [3.05, 3.63) is 29.8 Å². The van der Waals surface area contributed by atoms with Crippen molar-refractivity contribution in [3.63, 3.8) is 0 Å². The van der Waals surface area contributed by atoms with Gasteiger partial charge in [0.25, 0.3) is 0 Å². The van der Waals surface area contributed by atoms with Crippen molar-refractivity contribution in [2.24, 2.45) is 0 Å². The smallest absolute Gasteiger partial charge is 0.240 e.